The molecular weight excluding hydrogens is 527 g/mol. The second kappa shape index (κ2) is 11.5. The van der Waals surface area contributed by atoms with E-state index in [-0.39, 0.29) is 24.2 Å². The van der Waals surface area contributed by atoms with Gasteiger partial charge >= 0.3 is 0 Å². The normalized spacial score (nSPS) is 15.9. The molecule has 1 aliphatic heterocycles. The molecular formula is C32H34ClFN4O2. The monoisotopic (exact) mass is 560 g/mol. The van der Waals surface area contributed by atoms with Crippen molar-refractivity contribution in [1.29, 1.82) is 0 Å². The highest BCUT2D eigenvalue weighted by Gasteiger charge is 2.24. The Kier molecular flexibility index (Phi) is 7.65. The summed E-state index contributed by atoms with van der Waals surface area (Å²) in [6.45, 7) is 4.77. The van der Waals surface area contributed by atoms with Crippen molar-refractivity contribution in [3.05, 3.63) is 94.1 Å². The third-order valence-corrected chi connectivity index (χ3v) is 8.27. The largest absolute Gasteiger partial charge is 0.493 e. The number of pyridine rings is 1. The van der Waals surface area contributed by atoms with Crippen molar-refractivity contribution >= 4 is 28.8 Å². The number of halogens is 2. The second-order valence-electron chi connectivity index (χ2n) is 10.9. The zero-order valence-corrected chi connectivity index (χ0v) is 23.5. The molecule has 208 valence electrons. The van der Waals surface area contributed by atoms with Gasteiger partial charge in [-0.05, 0) is 97.5 Å². The van der Waals surface area contributed by atoms with Crippen LogP contribution in [0, 0.1) is 11.7 Å². The molecule has 1 saturated carbocycles. The molecule has 2 aromatic heterocycles. The Bertz CT molecular complexity index is 1510. The topological polar surface area (TPSA) is 58.9 Å². The Morgan fingerprint density at radius 3 is 2.55 bits per heavy atom. The quantitative estimate of drug-likeness (QED) is 0.245. The number of aromatic nitrogens is 2. The number of nitrogens with zero attached hydrogens (tertiary/aromatic N) is 3. The van der Waals surface area contributed by atoms with Crippen LogP contribution < -0.4 is 15.0 Å². The summed E-state index contributed by atoms with van der Waals surface area (Å²) in [6.07, 6.45) is 6.66. The lowest BCUT2D eigenvalue weighted by Gasteiger charge is -2.34. The SMILES string of the molecule is CCc1nc2ccc(Cl)cn2c1C(=O)NCc1ccc(C2CCN(c3ccc(OCC4CC4)cc3)CC2)c(F)c1. The van der Waals surface area contributed by atoms with Crippen molar-refractivity contribution in [1.82, 2.24) is 14.7 Å². The number of piperidine rings is 1. The van der Waals surface area contributed by atoms with Gasteiger partial charge in [0.05, 0.1) is 17.3 Å². The van der Waals surface area contributed by atoms with E-state index in [1.54, 1.807) is 28.8 Å². The minimum Gasteiger partial charge on any atom is -0.493 e. The van der Waals surface area contributed by atoms with Crippen molar-refractivity contribution in [3.8, 4) is 5.75 Å². The minimum atomic E-state index is -0.258. The highest BCUT2D eigenvalue weighted by atomic mass is 35.5. The average molecular weight is 561 g/mol. The van der Waals surface area contributed by atoms with E-state index in [4.69, 9.17) is 16.3 Å². The summed E-state index contributed by atoms with van der Waals surface area (Å²) in [5.74, 6) is 1.38. The molecule has 0 spiro atoms. The molecule has 40 heavy (non-hydrogen) atoms. The van der Waals surface area contributed by atoms with Gasteiger partial charge < -0.3 is 15.0 Å². The Morgan fingerprint density at radius 2 is 1.85 bits per heavy atom. The Labute approximate surface area is 239 Å². The summed E-state index contributed by atoms with van der Waals surface area (Å²) in [4.78, 5) is 20.0. The Morgan fingerprint density at radius 1 is 1.07 bits per heavy atom. The van der Waals surface area contributed by atoms with E-state index in [0.29, 0.717) is 28.5 Å². The highest BCUT2D eigenvalue weighted by molar-refractivity contribution is 6.30. The van der Waals surface area contributed by atoms with Gasteiger partial charge in [0.15, 0.2) is 0 Å². The molecule has 1 N–H and O–H groups in total. The van der Waals surface area contributed by atoms with Gasteiger partial charge in [0.1, 0.15) is 22.9 Å². The lowest BCUT2D eigenvalue weighted by Crippen LogP contribution is -2.33. The lowest BCUT2D eigenvalue weighted by molar-refractivity contribution is 0.0944. The number of hydrogen-bond acceptors (Lipinski definition) is 4. The third-order valence-electron chi connectivity index (χ3n) is 8.04. The van der Waals surface area contributed by atoms with Crippen molar-refractivity contribution in [3.63, 3.8) is 0 Å². The van der Waals surface area contributed by atoms with Crippen LogP contribution in [0.25, 0.3) is 5.65 Å². The maximum atomic E-state index is 15.2. The van der Waals surface area contributed by atoms with E-state index in [0.717, 1.165) is 55.3 Å². The Balaban J connectivity index is 1.05. The van der Waals surface area contributed by atoms with Gasteiger partial charge in [0.25, 0.3) is 5.91 Å². The summed E-state index contributed by atoms with van der Waals surface area (Å²) < 4.78 is 22.8. The summed E-state index contributed by atoms with van der Waals surface area (Å²) in [7, 11) is 0. The maximum absolute atomic E-state index is 15.2. The van der Waals surface area contributed by atoms with Crippen molar-refractivity contribution in [2.24, 2.45) is 5.92 Å². The fourth-order valence-corrected chi connectivity index (χ4v) is 5.69. The van der Waals surface area contributed by atoms with E-state index in [1.165, 1.54) is 18.5 Å². The Hall–Kier alpha value is -3.58. The van der Waals surface area contributed by atoms with E-state index in [1.807, 2.05) is 19.1 Å². The molecule has 3 heterocycles. The second-order valence-corrected chi connectivity index (χ2v) is 11.3. The number of aryl methyl sites for hydroxylation is 1. The molecule has 4 aromatic rings. The number of carbonyl (C=O) groups excluding carboxylic acids is 1. The summed E-state index contributed by atoms with van der Waals surface area (Å²) >= 11 is 6.15. The first-order valence-corrected chi connectivity index (χ1v) is 14.6. The van der Waals surface area contributed by atoms with E-state index >= 15 is 4.39 Å². The number of carbonyl (C=O) groups is 1. The average Bonchev–Trinajstić information content (AvgIpc) is 3.74. The first kappa shape index (κ1) is 26.6. The van der Waals surface area contributed by atoms with Crippen molar-refractivity contribution in [2.45, 2.75) is 51.5 Å². The molecule has 6 rings (SSSR count). The van der Waals surface area contributed by atoms with E-state index in [2.05, 4.69) is 39.5 Å². The van der Waals surface area contributed by atoms with Gasteiger partial charge in [-0.2, -0.15) is 0 Å². The van der Waals surface area contributed by atoms with Gasteiger partial charge in [-0.25, -0.2) is 9.37 Å². The zero-order chi connectivity index (χ0) is 27.6. The number of amides is 1. The molecule has 1 aliphatic carbocycles. The third kappa shape index (κ3) is 5.80. The van der Waals surface area contributed by atoms with Crippen molar-refractivity contribution in [2.75, 3.05) is 24.6 Å². The van der Waals surface area contributed by atoms with Gasteiger partial charge in [0, 0.05) is 31.5 Å². The van der Waals surface area contributed by atoms with E-state index in [9.17, 15) is 4.79 Å². The fourth-order valence-electron chi connectivity index (χ4n) is 5.53. The smallest absolute Gasteiger partial charge is 0.270 e. The predicted molar refractivity (Wildman–Crippen MR) is 156 cm³/mol. The van der Waals surface area contributed by atoms with Crippen LogP contribution in [0.3, 0.4) is 0 Å². The number of fused-ring (bicyclic) bond motifs is 1. The van der Waals surface area contributed by atoms with Crippen molar-refractivity contribution < 1.29 is 13.9 Å². The first-order chi connectivity index (χ1) is 19.5. The van der Waals surface area contributed by atoms with Gasteiger partial charge in [-0.15, -0.1) is 0 Å². The molecule has 6 nitrogen and oxygen atoms in total. The number of rotatable bonds is 9. The van der Waals surface area contributed by atoms with Gasteiger partial charge in [-0.3, -0.25) is 9.20 Å². The van der Waals surface area contributed by atoms with Gasteiger partial charge in [-0.1, -0.05) is 30.7 Å². The maximum Gasteiger partial charge on any atom is 0.270 e. The molecule has 0 bridgehead atoms. The molecule has 0 radical (unpaired) electrons. The zero-order valence-electron chi connectivity index (χ0n) is 22.7. The molecule has 2 aromatic carbocycles. The molecule has 8 heteroatoms. The van der Waals surface area contributed by atoms with Crippen LogP contribution >= 0.6 is 11.6 Å². The van der Waals surface area contributed by atoms with Crippen LogP contribution in [-0.4, -0.2) is 35.0 Å². The summed E-state index contributed by atoms with van der Waals surface area (Å²) in [5.41, 5.74) is 4.49. The summed E-state index contributed by atoms with van der Waals surface area (Å²) in [5, 5.41) is 3.46. The van der Waals surface area contributed by atoms with Crippen LogP contribution in [0.2, 0.25) is 5.02 Å². The van der Waals surface area contributed by atoms with Crippen LogP contribution in [0.1, 0.15) is 65.8 Å². The molecule has 1 amide bonds. The van der Waals surface area contributed by atoms with Crippen LogP contribution in [0.15, 0.2) is 60.8 Å². The molecule has 2 aliphatic rings. The number of benzene rings is 2. The number of hydrogen-bond donors (Lipinski definition) is 1. The lowest BCUT2D eigenvalue weighted by atomic mass is 9.88. The van der Waals surface area contributed by atoms with Crippen LogP contribution in [0.4, 0.5) is 10.1 Å². The van der Waals surface area contributed by atoms with Crippen LogP contribution in [0.5, 0.6) is 5.75 Å². The number of imidazole rings is 1. The number of anilines is 1. The molecule has 0 unspecified atom stereocenters. The standard InChI is InChI=1S/C32H34ClFN4O2/c1-2-29-31(38-19-24(33)6-12-30(38)36-29)32(39)35-18-22-5-11-27(28(34)17-22)23-13-15-37(16-14-23)25-7-9-26(10-8-25)40-20-21-3-4-21/h5-12,17,19,21,23H,2-4,13-16,18,20H2,1H3,(H,35,39). The number of ether oxygens (including phenoxy) is 1. The number of nitrogens with one attached hydrogen (secondary N) is 1. The fraction of sp³-hybridized carbons (Fsp3) is 0.375. The summed E-state index contributed by atoms with van der Waals surface area (Å²) in [6, 6.07) is 17.2. The predicted octanol–water partition coefficient (Wildman–Crippen LogP) is 6.79. The minimum absolute atomic E-state index is 0.177. The van der Waals surface area contributed by atoms with Gasteiger partial charge in [0.2, 0.25) is 0 Å². The molecule has 2 fully saturated rings. The first-order valence-electron chi connectivity index (χ1n) is 14.2. The molecule has 0 atom stereocenters. The van der Waals surface area contributed by atoms with E-state index < -0.39 is 0 Å². The molecule has 1 saturated heterocycles. The van der Waals surface area contributed by atoms with Crippen LogP contribution in [-0.2, 0) is 13.0 Å². The highest BCUT2D eigenvalue weighted by Crippen LogP contribution is 2.33.